The molecule has 5 aliphatic rings. The van der Waals surface area contributed by atoms with Crippen molar-refractivity contribution in [1.29, 1.82) is 0 Å². The highest BCUT2D eigenvalue weighted by atomic mass is 16.6. The van der Waals surface area contributed by atoms with Crippen LogP contribution in [0.15, 0.2) is 12.7 Å². The van der Waals surface area contributed by atoms with E-state index in [1.807, 2.05) is 20.8 Å². The zero-order chi connectivity index (χ0) is 23.3. The summed E-state index contributed by atoms with van der Waals surface area (Å²) in [5, 5.41) is 0. The van der Waals surface area contributed by atoms with Crippen LogP contribution in [0.1, 0.15) is 66.2 Å². The molecule has 0 spiro atoms. The van der Waals surface area contributed by atoms with Crippen molar-refractivity contribution in [3.8, 4) is 0 Å². The summed E-state index contributed by atoms with van der Waals surface area (Å²) in [5.41, 5.74) is -0.749. The van der Waals surface area contributed by atoms with Gasteiger partial charge in [-0.3, -0.25) is 9.69 Å². The molecular formula is C25H38N2O5. The van der Waals surface area contributed by atoms with Gasteiger partial charge in [-0.1, -0.05) is 6.08 Å². The van der Waals surface area contributed by atoms with Crippen molar-refractivity contribution in [2.45, 2.75) is 84.0 Å². The summed E-state index contributed by atoms with van der Waals surface area (Å²) in [6.07, 6.45) is 6.50. The number of rotatable bonds is 5. The number of carbonyl (C=O) groups excluding carboxylic acids is 3. The van der Waals surface area contributed by atoms with E-state index in [2.05, 4.69) is 6.58 Å². The van der Waals surface area contributed by atoms with Crippen molar-refractivity contribution < 1.29 is 23.9 Å². The largest absolute Gasteiger partial charge is 0.446 e. The number of Topliss-reactive ketones (excluding diaryl/α,β-unsaturated/α-hetero) is 1. The zero-order valence-corrected chi connectivity index (χ0v) is 20.0. The first-order valence-corrected chi connectivity index (χ1v) is 12.1. The summed E-state index contributed by atoms with van der Waals surface area (Å²) < 4.78 is 11.6. The maximum Gasteiger partial charge on any atom is 0.410 e. The minimum absolute atomic E-state index is 0.0827. The summed E-state index contributed by atoms with van der Waals surface area (Å²) in [6.45, 7) is 12.4. The van der Waals surface area contributed by atoms with Crippen LogP contribution in [0.4, 0.5) is 9.59 Å². The average molecular weight is 447 g/mol. The van der Waals surface area contributed by atoms with Gasteiger partial charge in [0.05, 0.1) is 6.04 Å². The van der Waals surface area contributed by atoms with Crippen LogP contribution in [0.25, 0.3) is 0 Å². The second kappa shape index (κ2) is 8.38. The third kappa shape index (κ3) is 4.40. The van der Waals surface area contributed by atoms with Crippen molar-refractivity contribution in [2.75, 3.05) is 19.6 Å². The highest BCUT2D eigenvalue weighted by molar-refractivity contribution is 5.83. The lowest BCUT2D eigenvalue weighted by molar-refractivity contribution is -0.160. The molecule has 4 aliphatic carbocycles. The van der Waals surface area contributed by atoms with Gasteiger partial charge in [0.25, 0.3) is 0 Å². The molecule has 2 unspecified atom stereocenters. The van der Waals surface area contributed by atoms with Crippen molar-refractivity contribution in [1.82, 2.24) is 9.80 Å². The number of ether oxygens (including phenoxy) is 2. The van der Waals surface area contributed by atoms with E-state index in [-0.39, 0.29) is 29.7 Å². The zero-order valence-electron chi connectivity index (χ0n) is 20.0. The molecule has 1 aliphatic heterocycles. The van der Waals surface area contributed by atoms with Crippen LogP contribution >= 0.6 is 0 Å². The van der Waals surface area contributed by atoms with E-state index in [0.29, 0.717) is 49.6 Å². The van der Waals surface area contributed by atoms with Crippen LogP contribution in [0.5, 0.6) is 0 Å². The van der Waals surface area contributed by atoms with E-state index in [0.717, 1.165) is 32.1 Å². The van der Waals surface area contributed by atoms with Gasteiger partial charge in [-0.05, 0) is 84.0 Å². The molecule has 5 rings (SSSR count). The monoisotopic (exact) mass is 446 g/mol. The van der Waals surface area contributed by atoms with E-state index >= 15 is 0 Å². The fourth-order valence-electron chi connectivity index (χ4n) is 6.79. The van der Waals surface area contributed by atoms with Gasteiger partial charge in [0.1, 0.15) is 17.5 Å². The lowest BCUT2D eigenvalue weighted by Gasteiger charge is -2.58. The quantitative estimate of drug-likeness (QED) is 0.585. The molecule has 1 saturated heterocycles. The highest BCUT2D eigenvalue weighted by Gasteiger charge is 2.58. The first-order chi connectivity index (χ1) is 15.0. The molecule has 0 radical (unpaired) electrons. The summed E-state index contributed by atoms with van der Waals surface area (Å²) in [5.74, 6) is 1.51. The minimum atomic E-state index is -0.579. The molecule has 7 nitrogen and oxygen atoms in total. The number of hydrogen-bond acceptors (Lipinski definition) is 5. The summed E-state index contributed by atoms with van der Waals surface area (Å²) in [7, 11) is 0. The molecule has 32 heavy (non-hydrogen) atoms. The highest BCUT2D eigenvalue weighted by Crippen LogP contribution is 2.61. The van der Waals surface area contributed by atoms with Crippen LogP contribution in [0.2, 0.25) is 0 Å². The van der Waals surface area contributed by atoms with E-state index in [9.17, 15) is 14.4 Å². The number of ketones is 1. The lowest BCUT2D eigenvalue weighted by Crippen LogP contribution is -2.57. The molecule has 1 heterocycles. The Morgan fingerprint density at radius 2 is 1.81 bits per heavy atom. The normalized spacial score (nSPS) is 35.5. The molecule has 7 heteroatoms. The van der Waals surface area contributed by atoms with Gasteiger partial charge < -0.3 is 14.4 Å². The number of likely N-dealkylation sites (tertiary alicyclic amines) is 1. The number of amides is 2. The molecule has 0 N–H and O–H groups in total. The topological polar surface area (TPSA) is 76.2 Å². The third-order valence-electron chi connectivity index (χ3n) is 7.99. The second-order valence-corrected chi connectivity index (χ2v) is 11.5. The molecule has 0 aromatic heterocycles. The standard InChI is InChI=1S/C25H38N2O5/c1-6-8-27(23(30)32-24(3,4)5)20-7-9-26(15-20)22(29)31-21-18-10-17-11-19(21)14-25(12-17,13-18)16(2)28/h6,17-21H,1,7-15H2,2-5H3/t17?,18?,19?,20-,21?,25?/m1/s1. The van der Waals surface area contributed by atoms with Crippen LogP contribution in [0.3, 0.4) is 0 Å². The first kappa shape index (κ1) is 23.1. The molecule has 178 valence electrons. The maximum atomic E-state index is 13.1. The van der Waals surface area contributed by atoms with Gasteiger partial charge in [0, 0.05) is 25.0 Å². The van der Waals surface area contributed by atoms with Gasteiger partial charge in [0.15, 0.2) is 0 Å². The van der Waals surface area contributed by atoms with E-state index < -0.39 is 5.60 Å². The van der Waals surface area contributed by atoms with E-state index in [4.69, 9.17) is 9.47 Å². The second-order valence-electron chi connectivity index (χ2n) is 11.5. The Labute approximate surface area is 191 Å². The number of hydrogen-bond donors (Lipinski definition) is 0. The Kier molecular flexibility index (Phi) is 6.05. The Morgan fingerprint density at radius 3 is 2.38 bits per heavy atom. The SMILES string of the molecule is C=CCN(C(=O)OC(C)(C)C)[C@@H]1CCN(C(=O)OC2C3CC4CC2CC(C(C)=O)(C4)C3)C1. The summed E-state index contributed by atoms with van der Waals surface area (Å²) >= 11 is 0. The fourth-order valence-corrected chi connectivity index (χ4v) is 6.79. The Morgan fingerprint density at radius 1 is 1.16 bits per heavy atom. The maximum absolute atomic E-state index is 13.1. The molecule has 0 aromatic carbocycles. The predicted molar refractivity (Wildman–Crippen MR) is 120 cm³/mol. The van der Waals surface area contributed by atoms with Crippen LogP contribution in [-0.2, 0) is 14.3 Å². The minimum Gasteiger partial charge on any atom is -0.446 e. The molecule has 5 fully saturated rings. The van der Waals surface area contributed by atoms with Gasteiger partial charge in [-0.2, -0.15) is 0 Å². The summed E-state index contributed by atoms with van der Waals surface area (Å²) in [6, 6.07) is -0.116. The van der Waals surface area contributed by atoms with E-state index in [1.165, 1.54) is 0 Å². The number of carbonyl (C=O) groups is 3. The molecular weight excluding hydrogens is 408 g/mol. The molecule has 4 bridgehead atoms. The van der Waals surface area contributed by atoms with Gasteiger partial charge in [-0.15, -0.1) is 6.58 Å². The predicted octanol–water partition coefficient (Wildman–Crippen LogP) is 4.40. The average Bonchev–Trinajstić information content (AvgIpc) is 3.16. The molecule has 4 saturated carbocycles. The van der Waals surface area contributed by atoms with Crippen molar-refractivity contribution in [3.63, 3.8) is 0 Å². The smallest absolute Gasteiger partial charge is 0.410 e. The van der Waals surface area contributed by atoms with Crippen LogP contribution in [-0.4, -0.2) is 65.2 Å². The van der Waals surface area contributed by atoms with E-state index in [1.54, 1.807) is 22.8 Å². The Balaban J connectivity index is 1.37. The Hall–Kier alpha value is -2.05. The van der Waals surface area contributed by atoms with Gasteiger partial charge >= 0.3 is 12.2 Å². The molecule has 2 amide bonds. The van der Waals surface area contributed by atoms with Gasteiger partial charge in [-0.25, -0.2) is 9.59 Å². The summed E-state index contributed by atoms with van der Waals surface area (Å²) in [4.78, 5) is 41.5. The van der Waals surface area contributed by atoms with Crippen molar-refractivity contribution >= 4 is 18.0 Å². The molecule has 0 aromatic rings. The lowest BCUT2D eigenvalue weighted by atomic mass is 9.47. The fraction of sp³-hybridized carbons (Fsp3) is 0.800. The molecule has 3 atom stereocenters. The van der Waals surface area contributed by atoms with Gasteiger partial charge in [0.2, 0.25) is 0 Å². The third-order valence-corrected chi connectivity index (χ3v) is 7.99. The first-order valence-electron chi connectivity index (χ1n) is 12.1. The van der Waals surface area contributed by atoms with Crippen molar-refractivity contribution in [2.24, 2.45) is 23.2 Å². The van der Waals surface area contributed by atoms with Crippen LogP contribution in [0, 0.1) is 23.2 Å². The Bertz CT molecular complexity index is 772. The number of nitrogens with zero attached hydrogens (tertiary/aromatic N) is 2. The van der Waals surface area contributed by atoms with Crippen molar-refractivity contribution in [3.05, 3.63) is 12.7 Å². The van der Waals surface area contributed by atoms with Crippen LogP contribution < -0.4 is 0 Å².